The third-order valence-corrected chi connectivity index (χ3v) is 5.75. The van der Waals surface area contributed by atoms with Crippen molar-refractivity contribution in [1.29, 1.82) is 0 Å². The number of aromatic nitrogens is 4. The van der Waals surface area contributed by atoms with Gasteiger partial charge in [0.1, 0.15) is 23.3 Å². The van der Waals surface area contributed by atoms with Crippen molar-refractivity contribution < 1.29 is 9.18 Å². The van der Waals surface area contributed by atoms with Crippen LogP contribution < -0.4 is 10.2 Å². The second-order valence-corrected chi connectivity index (χ2v) is 8.21. The minimum absolute atomic E-state index is 0.234. The summed E-state index contributed by atoms with van der Waals surface area (Å²) >= 11 is 0. The van der Waals surface area contributed by atoms with Crippen LogP contribution in [0.4, 0.5) is 10.2 Å². The van der Waals surface area contributed by atoms with E-state index < -0.39 is 0 Å². The van der Waals surface area contributed by atoms with Crippen LogP contribution in [0.3, 0.4) is 0 Å². The minimum atomic E-state index is -0.298. The second-order valence-electron chi connectivity index (χ2n) is 8.21. The Morgan fingerprint density at radius 1 is 1.09 bits per heavy atom. The van der Waals surface area contributed by atoms with Crippen molar-refractivity contribution in [2.24, 2.45) is 0 Å². The number of carbonyl (C=O) groups is 1. The monoisotopic (exact) mass is 434 g/mol. The average Bonchev–Trinajstić information content (AvgIpc) is 2.78. The van der Waals surface area contributed by atoms with Crippen molar-refractivity contribution in [3.8, 4) is 0 Å². The summed E-state index contributed by atoms with van der Waals surface area (Å²) in [6.07, 6.45) is 3.47. The van der Waals surface area contributed by atoms with E-state index in [1.54, 1.807) is 18.3 Å². The molecule has 0 unspecified atom stereocenters. The SMILES string of the molecule is Cc1cc(N2CCC(c3ncc(C(=O)NCc4ccc(F)cc4)c(C)n3)CC2)nc(C)n1. The van der Waals surface area contributed by atoms with Crippen LogP contribution in [-0.2, 0) is 6.54 Å². The molecule has 7 nitrogen and oxygen atoms in total. The van der Waals surface area contributed by atoms with E-state index in [2.05, 4.69) is 30.2 Å². The predicted octanol–water partition coefficient (Wildman–Crippen LogP) is 3.64. The van der Waals surface area contributed by atoms with Crippen molar-refractivity contribution in [3.05, 3.63) is 76.5 Å². The molecule has 0 aliphatic carbocycles. The quantitative estimate of drug-likeness (QED) is 0.660. The van der Waals surface area contributed by atoms with Gasteiger partial charge in [0.2, 0.25) is 0 Å². The van der Waals surface area contributed by atoms with Gasteiger partial charge < -0.3 is 10.2 Å². The highest BCUT2D eigenvalue weighted by Gasteiger charge is 2.25. The molecule has 0 radical (unpaired) electrons. The van der Waals surface area contributed by atoms with Gasteiger partial charge in [0.05, 0.1) is 11.3 Å². The van der Waals surface area contributed by atoms with Crippen LogP contribution in [0.2, 0.25) is 0 Å². The van der Waals surface area contributed by atoms with E-state index in [0.717, 1.165) is 54.7 Å². The van der Waals surface area contributed by atoms with Crippen molar-refractivity contribution in [2.75, 3.05) is 18.0 Å². The maximum atomic E-state index is 13.0. The number of piperidine rings is 1. The van der Waals surface area contributed by atoms with E-state index in [1.807, 2.05) is 26.8 Å². The summed E-state index contributed by atoms with van der Waals surface area (Å²) in [5.41, 5.74) is 2.92. The Hall–Kier alpha value is -3.42. The number of nitrogens with one attached hydrogen (secondary N) is 1. The minimum Gasteiger partial charge on any atom is -0.356 e. The summed E-state index contributed by atoms with van der Waals surface area (Å²) < 4.78 is 13.0. The van der Waals surface area contributed by atoms with E-state index in [0.29, 0.717) is 17.8 Å². The van der Waals surface area contributed by atoms with Crippen molar-refractivity contribution in [2.45, 2.75) is 46.1 Å². The fourth-order valence-corrected chi connectivity index (χ4v) is 4.01. The molecule has 0 bridgehead atoms. The molecular weight excluding hydrogens is 407 g/mol. The topological polar surface area (TPSA) is 83.9 Å². The standard InChI is InChI=1S/C24H27FN6O/c1-15-12-22(30-17(3)28-15)31-10-8-19(9-11-31)23-26-14-21(16(2)29-23)24(32)27-13-18-4-6-20(25)7-5-18/h4-7,12,14,19H,8-11,13H2,1-3H3,(H,27,32). The number of nitrogens with zero attached hydrogens (tertiary/aromatic N) is 5. The van der Waals surface area contributed by atoms with Crippen LogP contribution in [0.15, 0.2) is 36.5 Å². The van der Waals surface area contributed by atoms with Gasteiger partial charge in [-0.25, -0.2) is 24.3 Å². The van der Waals surface area contributed by atoms with Crippen molar-refractivity contribution in [1.82, 2.24) is 25.3 Å². The number of anilines is 1. The number of amides is 1. The number of hydrogen-bond acceptors (Lipinski definition) is 6. The van der Waals surface area contributed by atoms with Gasteiger partial charge in [0.25, 0.3) is 5.91 Å². The highest BCUT2D eigenvalue weighted by atomic mass is 19.1. The molecular formula is C24H27FN6O. The molecule has 32 heavy (non-hydrogen) atoms. The number of carbonyl (C=O) groups excluding carboxylic acids is 1. The van der Waals surface area contributed by atoms with Gasteiger partial charge in [-0.2, -0.15) is 0 Å². The van der Waals surface area contributed by atoms with Gasteiger partial charge in [-0.05, 0) is 51.3 Å². The maximum Gasteiger partial charge on any atom is 0.254 e. The molecule has 1 aromatic carbocycles. The number of hydrogen-bond donors (Lipinski definition) is 1. The van der Waals surface area contributed by atoms with E-state index >= 15 is 0 Å². The van der Waals surface area contributed by atoms with Crippen molar-refractivity contribution >= 4 is 11.7 Å². The lowest BCUT2D eigenvalue weighted by Gasteiger charge is -2.32. The van der Waals surface area contributed by atoms with Gasteiger partial charge >= 0.3 is 0 Å². The molecule has 1 amide bonds. The summed E-state index contributed by atoms with van der Waals surface area (Å²) in [5, 5.41) is 2.85. The molecule has 3 aromatic rings. The Bertz CT molecular complexity index is 1090. The molecule has 1 fully saturated rings. The number of rotatable bonds is 5. The third kappa shape index (κ3) is 5.07. The highest BCUT2D eigenvalue weighted by molar-refractivity contribution is 5.94. The van der Waals surface area contributed by atoms with Crippen molar-refractivity contribution in [3.63, 3.8) is 0 Å². The molecule has 0 atom stereocenters. The average molecular weight is 435 g/mol. The fraction of sp³-hybridized carbons (Fsp3) is 0.375. The first-order chi connectivity index (χ1) is 15.4. The molecule has 3 heterocycles. The van der Waals surface area contributed by atoms with E-state index in [4.69, 9.17) is 0 Å². The van der Waals surface area contributed by atoms with Crippen LogP contribution in [-0.4, -0.2) is 38.9 Å². The van der Waals surface area contributed by atoms with E-state index in [1.165, 1.54) is 12.1 Å². The molecule has 1 aliphatic heterocycles. The van der Waals surface area contributed by atoms with Crippen LogP contribution >= 0.6 is 0 Å². The summed E-state index contributed by atoms with van der Waals surface area (Å²) in [7, 11) is 0. The van der Waals surface area contributed by atoms with Gasteiger partial charge in [-0.15, -0.1) is 0 Å². The van der Waals surface area contributed by atoms with E-state index in [9.17, 15) is 9.18 Å². The van der Waals surface area contributed by atoms with Crippen LogP contribution in [0.25, 0.3) is 0 Å². The third-order valence-electron chi connectivity index (χ3n) is 5.75. The number of aryl methyl sites for hydroxylation is 3. The lowest BCUT2D eigenvalue weighted by Crippen LogP contribution is -2.34. The van der Waals surface area contributed by atoms with Crippen LogP contribution in [0, 0.1) is 26.6 Å². The molecule has 1 saturated heterocycles. The first kappa shape index (κ1) is 21.8. The van der Waals surface area contributed by atoms with Gasteiger partial charge in [0.15, 0.2) is 0 Å². The Balaban J connectivity index is 1.37. The second kappa shape index (κ2) is 9.38. The van der Waals surface area contributed by atoms with Gasteiger partial charge in [-0.3, -0.25) is 4.79 Å². The van der Waals surface area contributed by atoms with Gasteiger partial charge in [-0.1, -0.05) is 12.1 Å². The van der Waals surface area contributed by atoms with Crippen LogP contribution in [0.5, 0.6) is 0 Å². The van der Waals surface area contributed by atoms with Crippen LogP contribution in [0.1, 0.15) is 57.7 Å². The smallest absolute Gasteiger partial charge is 0.254 e. The lowest BCUT2D eigenvalue weighted by molar-refractivity contribution is 0.0949. The summed E-state index contributed by atoms with van der Waals surface area (Å²) in [6.45, 7) is 7.81. The predicted molar refractivity (Wildman–Crippen MR) is 120 cm³/mol. The largest absolute Gasteiger partial charge is 0.356 e. The molecule has 166 valence electrons. The summed E-state index contributed by atoms with van der Waals surface area (Å²) in [5.74, 6) is 2.27. The zero-order chi connectivity index (χ0) is 22.7. The zero-order valence-electron chi connectivity index (χ0n) is 18.6. The molecule has 4 rings (SSSR count). The molecule has 0 spiro atoms. The Labute approximate surface area is 187 Å². The lowest BCUT2D eigenvalue weighted by atomic mass is 9.95. The molecule has 1 N–H and O–H groups in total. The first-order valence-electron chi connectivity index (χ1n) is 10.8. The van der Waals surface area contributed by atoms with E-state index in [-0.39, 0.29) is 17.6 Å². The zero-order valence-corrected chi connectivity index (χ0v) is 18.6. The Kier molecular flexibility index (Phi) is 6.39. The summed E-state index contributed by atoms with van der Waals surface area (Å²) in [6, 6.07) is 8.08. The normalized spacial score (nSPS) is 14.4. The molecule has 8 heteroatoms. The highest BCUT2D eigenvalue weighted by Crippen LogP contribution is 2.28. The number of halogens is 1. The molecule has 0 saturated carbocycles. The molecule has 1 aliphatic rings. The maximum absolute atomic E-state index is 13.0. The Morgan fingerprint density at radius 2 is 1.81 bits per heavy atom. The molecule has 2 aromatic heterocycles. The fourth-order valence-electron chi connectivity index (χ4n) is 4.01. The summed E-state index contributed by atoms with van der Waals surface area (Å²) in [4.78, 5) is 32.9. The Morgan fingerprint density at radius 3 is 2.47 bits per heavy atom. The number of benzene rings is 1. The van der Waals surface area contributed by atoms with Gasteiger partial charge in [0, 0.05) is 43.5 Å². The first-order valence-corrected chi connectivity index (χ1v) is 10.8.